The number of nitrogens with one attached hydrogen (secondary N) is 1. The van der Waals surface area contributed by atoms with Gasteiger partial charge in [-0.05, 0) is 44.1 Å². The van der Waals surface area contributed by atoms with Crippen LogP contribution in [0, 0.1) is 5.82 Å². The van der Waals surface area contributed by atoms with Crippen LogP contribution in [0.3, 0.4) is 0 Å². The summed E-state index contributed by atoms with van der Waals surface area (Å²) in [6.45, 7) is 1.63. The minimum Gasteiger partial charge on any atom is -0.394 e. The highest BCUT2D eigenvalue weighted by Gasteiger charge is 2.46. The molecule has 2 fully saturated rings. The molecule has 2 aliphatic heterocycles. The molecule has 0 spiro atoms. The van der Waals surface area contributed by atoms with Gasteiger partial charge in [-0.2, -0.15) is 0 Å². The van der Waals surface area contributed by atoms with E-state index in [0.29, 0.717) is 0 Å². The Kier molecular flexibility index (Phi) is 5.91. The summed E-state index contributed by atoms with van der Waals surface area (Å²) in [5.41, 5.74) is 0.251. The molecular weight excluding hydrogens is 351 g/mol. The molecule has 0 aliphatic carbocycles. The molecular formula is C17H22ClFN2O4. The predicted molar refractivity (Wildman–Crippen MR) is 90.1 cm³/mol. The number of aliphatic hydroxyl groups is 2. The highest BCUT2D eigenvalue weighted by Crippen LogP contribution is 2.28. The molecule has 0 aromatic heterocycles. The highest BCUT2D eigenvalue weighted by molar-refractivity contribution is 6.31. The van der Waals surface area contributed by atoms with Crippen LogP contribution in [-0.4, -0.2) is 71.6 Å². The van der Waals surface area contributed by atoms with Gasteiger partial charge in [0.05, 0.1) is 23.8 Å². The van der Waals surface area contributed by atoms with Gasteiger partial charge in [0.2, 0.25) is 0 Å². The Morgan fingerprint density at radius 2 is 2.08 bits per heavy atom. The van der Waals surface area contributed by atoms with Crippen LogP contribution in [-0.2, 0) is 4.74 Å². The molecule has 0 radical (unpaired) electrons. The van der Waals surface area contributed by atoms with E-state index in [0.717, 1.165) is 32.0 Å². The molecule has 0 bridgehead atoms. The molecule has 1 aromatic carbocycles. The van der Waals surface area contributed by atoms with Crippen LogP contribution in [0.1, 0.15) is 23.2 Å². The largest absolute Gasteiger partial charge is 0.394 e. The van der Waals surface area contributed by atoms with Gasteiger partial charge in [-0.1, -0.05) is 11.6 Å². The van der Waals surface area contributed by atoms with E-state index in [1.54, 1.807) is 0 Å². The molecule has 0 saturated carbocycles. The van der Waals surface area contributed by atoms with E-state index in [1.807, 2.05) is 0 Å². The number of carbonyl (C=O) groups is 1. The first-order valence-electron chi connectivity index (χ1n) is 8.43. The lowest BCUT2D eigenvalue weighted by Gasteiger charge is -2.30. The predicted octanol–water partition coefficient (Wildman–Crippen LogP) is 0.794. The first-order chi connectivity index (χ1) is 12.0. The molecule has 6 nitrogen and oxygen atoms in total. The van der Waals surface area contributed by atoms with Gasteiger partial charge in [0, 0.05) is 12.1 Å². The molecule has 3 N–H and O–H groups in total. The number of ether oxygens (including phenoxy) is 1. The SMILES string of the molecule is O=C(NC[C@@H]1O[C@@H](CO)[C@@H](O)[C@H]1N1CCCC1)c1ccc(F)c(Cl)c1. The lowest BCUT2D eigenvalue weighted by Crippen LogP contribution is -2.50. The zero-order valence-electron chi connectivity index (χ0n) is 13.7. The van der Waals surface area contributed by atoms with Crippen LogP contribution in [0.4, 0.5) is 4.39 Å². The highest BCUT2D eigenvalue weighted by atomic mass is 35.5. The van der Waals surface area contributed by atoms with Crippen molar-refractivity contribution in [2.45, 2.75) is 37.2 Å². The Bertz CT molecular complexity index is 627. The van der Waals surface area contributed by atoms with Crippen LogP contribution >= 0.6 is 11.6 Å². The lowest BCUT2D eigenvalue weighted by molar-refractivity contribution is -0.0209. The van der Waals surface area contributed by atoms with Gasteiger partial charge in [0.15, 0.2) is 0 Å². The van der Waals surface area contributed by atoms with Gasteiger partial charge in [0.1, 0.15) is 18.0 Å². The molecule has 1 aromatic rings. The number of halogens is 2. The number of benzene rings is 1. The summed E-state index contributed by atoms with van der Waals surface area (Å²) in [5, 5.41) is 22.4. The Hall–Kier alpha value is -1.25. The molecule has 138 valence electrons. The van der Waals surface area contributed by atoms with Crippen molar-refractivity contribution in [3.63, 3.8) is 0 Å². The van der Waals surface area contributed by atoms with Crippen molar-refractivity contribution >= 4 is 17.5 Å². The Balaban J connectivity index is 1.65. The molecule has 3 rings (SSSR count). The molecule has 0 unspecified atom stereocenters. The maximum atomic E-state index is 13.2. The average Bonchev–Trinajstić information content (AvgIpc) is 3.22. The first-order valence-corrected chi connectivity index (χ1v) is 8.80. The normalized spacial score (nSPS) is 29.9. The van der Waals surface area contributed by atoms with Crippen LogP contribution in [0.15, 0.2) is 18.2 Å². The number of carbonyl (C=O) groups excluding carboxylic acids is 1. The minimum atomic E-state index is -0.801. The number of nitrogens with zero attached hydrogens (tertiary/aromatic N) is 1. The number of amides is 1. The Labute approximate surface area is 150 Å². The summed E-state index contributed by atoms with van der Waals surface area (Å²) in [4.78, 5) is 14.4. The summed E-state index contributed by atoms with van der Waals surface area (Å²) >= 11 is 5.70. The lowest BCUT2D eigenvalue weighted by atomic mass is 10.0. The second-order valence-electron chi connectivity index (χ2n) is 6.46. The second kappa shape index (κ2) is 7.97. The van der Waals surface area contributed by atoms with E-state index in [1.165, 1.54) is 12.1 Å². The maximum Gasteiger partial charge on any atom is 0.251 e. The van der Waals surface area contributed by atoms with Crippen LogP contribution < -0.4 is 5.32 Å². The number of likely N-dealkylation sites (tertiary alicyclic amines) is 1. The van der Waals surface area contributed by atoms with Gasteiger partial charge >= 0.3 is 0 Å². The zero-order chi connectivity index (χ0) is 18.0. The average molecular weight is 373 g/mol. The van der Waals surface area contributed by atoms with E-state index in [4.69, 9.17) is 16.3 Å². The van der Waals surface area contributed by atoms with Crippen molar-refractivity contribution in [3.05, 3.63) is 34.6 Å². The molecule has 2 aliphatic rings. The third-order valence-electron chi connectivity index (χ3n) is 4.85. The van der Waals surface area contributed by atoms with Crippen molar-refractivity contribution in [2.75, 3.05) is 26.2 Å². The van der Waals surface area contributed by atoms with Gasteiger partial charge in [-0.25, -0.2) is 4.39 Å². The van der Waals surface area contributed by atoms with Gasteiger partial charge in [0.25, 0.3) is 5.91 Å². The molecule has 8 heteroatoms. The first kappa shape index (κ1) is 18.5. The zero-order valence-corrected chi connectivity index (χ0v) is 14.5. The van der Waals surface area contributed by atoms with E-state index >= 15 is 0 Å². The summed E-state index contributed by atoms with van der Waals surface area (Å²) < 4.78 is 18.9. The Morgan fingerprint density at radius 1 is 1.36 bits per heavy atom. The van der Waals surface area contributed by atoms with Crippen LogP contribution in [0.2, 0.25) is 5.02 Å². The van der Waals surface area contributed by atoms with Gasteiger partial charge < -0.3 is 20.3 Å². The number of aliphatic hydroxyl groups excluding tert-OH is 2. The van der Waals surface area contributed by atoms with E-state index in [-0.39, 0.29) is 29.8 Å². The smallest absolute Gasteiger partial charge is 0.251 e. The molecule has 2 saturated heterocycles. The fraction of sp³-hybridized carbons (Fsp3) is 0.588. The van der Waals surface area contributed by atoms with Crippen LogP contribution in [0.5, 0.6) is 0 Å². The monoisotopic (exact) mass is 372 g/mol. The summed E-state index contributed by atoms with van der Waals surface area (Å²) in [6.07, 6.45) is 0.225. The minimum absolute atomic E-state index is 0.115. The van der Waals surface area contributed by atoms with E-state index < -0.39 is 30.0 Å². The van der Waals surface area contributed by atoms with Gasteiger partial charge in [-0.3, -0.25) is 9.69 Å². The van der Waals surface area contributed by atoms with Crippen molar-refractivity contribution in [3.8, 4) is 0 Å². The number of rotatable bonds is 5. The summed E-state index contributed by atoms with van der Waals surface area (Å²) in [7, 11) is 0. The number of hydrogen-bond acceptors (Lipinski definition) is 5. The third-order valence-corrected chi connectivity index (χ3v) is 5.14. The molecule has 1 amide bonds. The van der Waals surface area contributed by atoms with Crippen molar-refractivity contribution in [2.24, 2.45) is 0 Å². The number of hydrogen-bond donors (Lipinski definition) is 3. The van der Waals surface area contributed by atoms with E-state index in [9.17, 15) is 19.4 Å². The summed E-state index contributed by atoms with van der Waals surface area (Å²) in [5.74, 6) is -0.979. The standard InChI is InChI=1S/C17H22ClFN2O4/c18-11-7-10(3-4-12(11)19)17(24)20-8-13-15(21-5-1-2-6-21)16(23)14(9-22)25-13/h3-4,7,13-16,22-23H,1-2,5-6,8-9H2,(H,20,24)/t13-,14-,15-,16+/m0/s1. The van der Waals surface area contributed by atoms with Crippen LogP contribution in [0.25, 0.3) is 0 Å². The third kappa shape index (κ3) is 3.96. The summed E-state index contributed by atoms with van der Waals surface area (Å²) in [6, 6.07) is 3.50. The Morgan fingerprint density at radius 3 is 2.72 bits per heavy atom. The topological polar surface area (TPSA) is 82.0 Å². The van der Waals surface area contributed by atoms with Crippen molar-refractivity contribution in [1.82, 2.24) is 10.2 Å². The fourth-order valence-corrected chi connectivity index (χ4v) is 3.75. The van der Waals surface area contributed by atoms with Gasteiger partial charge in [-0.15, -0.1) is 0 Å². The van der Waals surface area contributed by atoms with Crippen molar-refractivity contribution in [1.29, 1.82) is 0 Å². The second-order valence-corrected chi connectivity index (χ2v) is 6.87. The maximum absolute atomic E-state index is 13.2. The van der Waals surface area contributed by atoms with E-state index in [2.05, 4.69) is 10.2 Å². The fourth-order valence-electron chi connectivity index (χ4n) is 3.57. The van der Waals surface area contributed by atoms with Crippen molar-refractivity contribution < 1.29 is 24.1 Å². The molecule has 4 atom stereocenters. The molecule has 2 heterocycles. The molecule has 25 heavy (non-hydrogen) atoms. The quantitative estimate of drug-likeness (QED) is 0.712.